The highest BCUT2D eigenvalue weighted by Gasteiger charge is 2.28. The zero-order valence-corrected chi connectivity index (χ0v) is 13.1. The lowest BCUT2D eigenvalue weighted by Gasteiger charge is -2.19. The highest BCUT2D eigenvalue weighted by molar-refractivity contribution is 5.77. The fourth-order valence-electron chi connectivity index (χ4n) is 1.89. The van der Waals surface area contributed by atoms with Crippen molar-refractivity contribution in [2.24, 2.45) is 0 Å². The standard InChI is InChI=1S/C16H21N3O3/c1-16(2,11-21-10-12-7-5-4-6-8-12)15-18-13(19-22-15)9-14(20)17-3/h4-8H,9-11H2,1-3H3,(H,17,20). The lowest BCUT2D eigenvalue weighted by atomic mass is 9.95. The van der Waals surface area contributed by atoms with Crippen LogP contribution in [0.25, 0.3) is 0 Å². The van der Waals surface area contributed by atoms with Gasteiger partial charge in [0.2, 0.25) is 11.8 Å². The first-order chi connectivity index (χ1) is 10.5. The Labute approximate surface area is 129 Å². The number of hydrogen-bond acceptors (Lipinski definition) is 5. The van der Waals surface area contributed by atoms with Gasteiger partial charge in [0, 0.05) is 7.05 Å². The van der Waals surface area contributed by atoms with Gasteiger partial charge < -0.3 is 14.6 Å². The molecule has 0 aliphatic carbocycles. The Bertz CT molecular complexity index is 608. The van der Waals surface area contributed by atoms with E-state index in [4.69, 9.17) is 9.26 Å². The van der Waals surface area contributed by atoms with Crippen molar-refractivity contribution in [2.45, 2.75) is 32.3 Å². The Balaban J connectivity index is 1.91. The molecule has 2 rings (SSSR count). The van der Waals surface area contributed by atoms with Gasteiger partial charge in [0.15, 0.2) is 5.82 Å². The summed E-state index contributed by atoms with van der Waals surface area (Å²) in [4.78, 5) is 15.6. The summed E-state index contributed by atoms with van der Waals surface area (Å²) >= 11 is 0. The van der Waals surface area contributed by atoms with Crippen molar-refractivity contribution in [1.29, 1.82) is 0 Å². The van der Waals surface area contributed by atoms with E-state index in [-0.39, 0.29) is 12.3 Å². The number of benzene rings is 1. The first-order valence-corrected chi connectivity index (χ1v) is 7.16. The molecule has 2 aromatic rings. The molecular formula is C16H21N3O3. The molecule has 0 fully saturated rings. The van der Waals surface area contributed by atoms with Gasteiger partial charge in [-0.3, -0.25) is 4.79 Å². The van der Waals surface area contributed by atoms with Gasteiger partial charge in [-0.15, -0.1) is 0 Å². The SMILES string of the molecule is CNC(=O)Cc1noc(C(C)(C)COCc2ccccc2)n1. The molecule has 1 aromatic carbocycles. The van der Waals surface area contributed by atoms with Crippen LogP contribution in [0.4, 0.5) is 0 Å². The second kappa shape index (κ2) is 7.17. The van der Waals surface area contributed by atoms with E-state index in [0.29, 0.717) is 24.9 Å². The Morgan fingerprint density at radius 2 is 2.05 bits per heavy atom. The molecule has 6 nitrogen and oxygen atoms in total. The third-order valence-electron chi connectivity index (χ3n) is 3.22. The molecule has 22 heavy (non-hydrogen) atoms. The number of likely N-dealkylation sites (N-methyl/N-ethyl adjacent to an activating group) is 1. The summed E-state index contributed by atoms with van der Waals surface area (Å²) in [6.07, 6.45) is 0.112. The molecular weight excluding hydrogens is 282 g/mol. The molecule has 1 aromatic heterocycles. The number of amides is 1. The average molecular weight is 303 g/mol. The smallest absolute Gasteiger partial charge is 0.234 e. The maximum atomic E-state index is 11.3. The Hall–Kier alpha value is -2.21. The molecule has 0 unspecified atom stereocenters. The zero-order chi connectivity index (χ0) is 16.0. The average Bonchev–Trinajstić information content (AvgIpc) is 2.97. The second-order valence-corrected chi connectivity index (χ2v) is 5.73. The van der Waals surface area contributed by atoms with Crippen LogP contribution in [0.3, 0.4) is 0 Å². The fourth-order valence-corrected chi connectivity index (χ4v) is 1.89. The predicted octanol–water partition coefficient (Wildman–Crippen LogP) is 1.85. The monoisotopic (exact) mass is 303 g/mol. The van der Waals surface area contributed by atoms with Crippen LogP contribution in [0.5, 0.6) is 0 Å². The summed E-state index contributed by atoms with van der Waals surface area (Å²) < 4.78 is 11.0. The number of ether oxygens (including phenoxy) is 1. The van der Waals surface area contributed by atoms with Gasteiger partial charge >= 0.3 is 0 Å². The molecule has 1 amide bonds. The maximum absolute atomic E-state index is 11.3. The van der Waals surface area contributed by atoms with Crippen molar-refractivity contribution in [3.8, 4) is 0 Å². The van der Waals surface area contributed by atoms with E-state index in [1.807, 2.05) is 44.2 Å². The third-order valence-corrected chi connectivity index (χ3v) is 3.22. The predicted molar refractivity (Wildman–Crippen MR) is 81.2 cm³/mol. The first kappa shape index (κ1) is 16.2. The summed E-state index contributed by atoms with van der Waals surface area (Å²) in [5.74, 6) is 0.704. The van der Waals surface area contributed by atoms with Crippen LogP contribution in [-0.4, -0.2) is 29.7 Å². The number of aromatic nitrogens is 2. The number of nitrogens with zero attached hydrogens (tertiary/aromatic N) is 2. The van der Waals surface area contributed by atoms with Crippen LogP contribution in [0.1, 0.15) is 31.1 Å². The summed E-state index contributed by atoms with van der Waals surface area (Å²) in [6, 6.07) is 9.96. The molecule has 1 heterocycles. The molecule has 0 saturated carbocycles. The van der Waals surface area contributed by atoms with Crippen LogP contribution < -0.4 is 5.32 Å². The normalized spacial score (nSPS) is 11.4. The van der Waals surface area contributed by atoms with Crippen molar-refractivity contribution >= 4 is 5.91 Å². The van der Waals surface area contributed by atoms with Crippen molar-refractivity contribution in [2.75, 3.05) is 13.7 Å². The van der Waals surface area contributed by atoms with Crippen molar-refractivity contribution in [3.63, 3.8) is 0 Å². The quantitative estimate of drug-likeness (QED) is 0.844. The molecule has 118 valence electrons. The number of carbonyl (C=O) groups excluding carboxylic acids is 1. The lowest BCUT2D eigenvalue weighted by molar-refractivity contribution is -0.120. The molecule has 0 spiro atoms. The second-order valence-electron chi connectivity index (χ2n) is 5.73. The van der Waals surface area contributed by atoms with Crippen LogP contribution in [0, 0.1) is 0 Å². The van der Waals surface area contributed by atoms with Gasteiger partial charge in [0.05, 0.1) is 25.0 Å². The molecule has 0 saturated heterocycles. The van der Waals surface area contributed by atoms with Crippen molar-refractivity contribution < 1.29 is 14.1 Å². The molecule has 0 bridgehead atoms. The van der Waals surface area contributed by atoms with E-state index >= 15 is 0 Å². The number of rotatable bonds is 7. The summed E-state index contributed by atoms with van der Waals surface area (Å²) in [5, 5.41) is 6.36. The van der Waals surface area contributed by atoms with Crippen molar-refractivity contribution in [3.05, 3.63) is 47.6 Å². The maximum Gasteiger partial charge on any atom is 0.234 e. The molecule has 0 atom stereocenters. The number of hydrogen-bond donors (Lipinski definition) is 1. The largest absolute Gasteiger partial charge is 0.376 e. The topological polar surface area (TPSA) is 77.2 Å². The highest BCUT2D eigenvalue weighted by Crippen LogP contribution is 2.22. The summed E-state index contributed by atoms with van der Waals surface area (Å²) in [7, 11) is 1.57. The fraction of sp³-hybridized carbons (Fsp3) is 0.438. The Morgan fingerprint density at radius 1 is 1.32 bits per heavy atom. The van der Waals surface area contributed by atoms with E-state index < -0.39 is 5.41 Å². The van der Waals surface area contributed by atoms with Crippen LogP contribution in [0.15, 0.2) is 34.9 Å². The van der Waals surface area contributed by atoms with Crippen molar-refractivity contribution in [1.82, 2.24) is 15.5 Å². The minimum atomic E-state index is -0.414. The lowest BCUT2D eigenvalue weighted by Crippen LogP contribution is -2.25. The van der Waals surface area contributed by atoms with E-state index in [0.717, 1.165) is 5.56 Å². The van der Waals surface area contributed by atoms with Gasteiger partial charge in [0.1, 0.15) is 0 Å². The molecule has 0 aliphatic heterocycles. The first-order valence-electron chi connectivity index (χ1n) is 7.16. The van der Waals surface area contributed by atoms with Gasteiger partial charge in [0.25, 0.3) is 0 Å². The minimum Gasteiger partial charge on any atom is -0.376 e. The summed E-state index contributed by atoms with van der Waals surface area (Å²) in [5.41, 5.74) is 0.701. The van der Waals surface area contributed by atoms with Crippen LogP contribution in [0.2, 0.25) is 0 Å². The zero-order valence-electron chi connectivity index (χ0n) is 13.1. The van der Waals surface area contributed by atoms with E-state index in [1.54, 1.807) is 7.05 Å². The minimum absolute atomic E-state index is 0.112. The molecule has 1 N–H and O–H groups in total. The number of carbonyl (C=O) groups is 1. The Kier molecular flexibility index (Phi) is 5.27. The van der Waals surface area contributed by atoms with Crippen LogP contribution in [-0.2, 0) is 28.0 Å². The number of nitrogens with one attached hydrogen (secondary N) is 1. The van der Waals surface area contributed by atoms with Gasteiger partial charge in [-0.25, -0.2) is 0 Å². The molecule has 0 radical (unpaired) electrons. The molecule has 0 aliphatic rings. The Morgan fingerprint density at radius 3 is 2.73 bits per heavy atom. The van der Waals surface area contributed by atoms with E-state index in [2.05, 4.69) is 15.5 Å². The van der Waals surface area contributed by atoms with E-state index in [9.17, 15) is 4.79 Å². The van der Waals surface area contributed by atoms with Gasteiger partial charge in [-0.2, -0.15) is 4.98 Å². The van der Waals surface area contributed by atoms with Gasteiger partial charge in [-0.1, -0.05) is 35.5 Å². The third kappa shape index (κ3) is 4.39. The van der Waals surface area contributed by atoms with E-state index in [1.165, 1.54) is 0 Å². The molecule has 6 heteroatoms. The van der Waals surface area contributed by atoms with Gasteiger partial charge in [-0.05, 0) is 19.4 Å². The van der Waals surface area contributed by atoms with Crippen LogP contribution >= 0.6 is 0 Å². The highest BCUT2D eigenvalue weighted by atomic mass is 16.5. The summed E-state index contributed by atoms with van der Waals surface area (Å²) in [6.45, 7) is 4.91.